The highest BCUT2D eigenvalue weighted by atomic mass is 16.4. The number of aliphatic carboxylic acids is 4. The van der Waals surface area contributed by atoms with E-state index in [0.717, 1.165) is 38.8 Å². The van der Waals surface area contributed by atoms with E-state index >= 15 is 0 Å². The van der Waals surface area contributed by atoms with Crippen molar-refractivity contribution in [2.24, 2.45) is 17.4 Å². The molecule has 2 fully saturated rings. The lowest BCUT2D eigenvalue weighted by Crippen LogP contribution is -2.33. The molecule has 0 bridgehead atoms. The molecule has 0 unspecified atom stereocenters. The normalized spacial score (nSPS) is 20.9. The number of aliphatic hydroxyl groups is 1. The Morgan fingerprint density at radius 1 is 0.812 bits per heavy atom. The molecule has 2 saturated heterocycles. The van der Waals surface area contributed by atoms with Gasteiger partial charge in [-0.15, -0.1) is 0 Å². The number of aliphatic hydroxyl groups excluding tert-OH is 1. The maximum absolute atomic E-state index is 10.1. The fourth-order valence-corrected chi connectivity index (χ4v) is 2.48. The van der Waals surface area contributed by atoms with Gasteiger partial charge < -0.3 is 47.6 Å². The Labute approximate surface area is 187 Å². The van der Waals surface area contributed by atoms with Gasteiger partial charge in [0.2, 0.25) is 0 Å². The molecule has 0 amide bonds. The lowest BCUT2D eigenvalue weighted by molar-refractivity contribution is -0.140. The average molecular weight is 467 g/mol. The third kappa shape index (κ3) is 17.4. The predicted molar refractivity (Wildman–Crippen MR) is 115 cm³/mol. The van der Waals surface area contributed by atoms with E-state index in [-0.39, 0.29) is 12.1 Å². The van der Waals surface area contributed by atoms with Crippen molar-refractivity contribution >= 4 is 23.9 Å². The number of carbonyl (C=O) groups is 4. The van der Waals surface area contributed by atoms with Crippen LogP contribution in [0.1, 0.15) is 46.0 Å². The summed E-state index contributed by atoms with van der Waals surface area (Å²) in [5, 5.41) is 46.6. The second-order valence-corrected chi connectivity index (χ2v) is 7.68. The van der Waals surface area contributed by atoms with Crippen LogP contribution >= 0.6 is 0 Å². The third-order valence-corrected chi connectivity index (χ3v) is 4.27. The summed E-state index contributed by atoms with van der Waals surface area (Å²) >= 11 is 0. The van der Waals surface area contributed by atoms with E-state index in [1.165, 1.54) is 0 Å². The molecule has 32 heavy (non-hydrogen) atoms. The molecule has 4 atom stereocenters. The van der Waals surface area contributed by atoms with Crippen molar-refractivity contribution in [1.82, 2.24) is 10.6 Å². The summed E-state index contributed by atoms with van der Waals surface area (Å²) in [5.41, 5.74) is 9.98. The largest absolute Gasteiger partial charge is 0.480 e. The standard InChI is InChI=1S/C6H13NO2.2C5H9NO2.C3H7NO3/c1-4(2)3-5(7)6(8)9;2*7-5(8)4-2-1-3-6-4;4-2(1-5)3(6)7/h4-5H,3,7H2,1-2H3,(H,8,9);2*4,6H,1-3H2,(H,7,8);2,5H,1,4H2,(H,6,7)/t5-;2*4-;2-/m0000/s1. The summed E-state index contributed by atoms with van der Waals surface area (Å²) in [4.78, 5) is 40.0. The molecule has 13 heteroatoms. The molecule has 0 spiro atoms. The number of carboxylic acids is 4. The van der Waals surface area contributed by atoms with Gasteiger partial charge in [-0.3, -0.25) is 19.2 Å². The van der Waals surface area contributed by atoms with Crippen LogP contribution in [0.3, 0.4) is 0 Å². The monoisotopic (exact) mass is 466 g/mol. The van der Waals surface area contributed by atoms with Gasteiger partial charge in [-0.05, 0) is 51.1 Å². The highest BCUT2D eigenvalue weighted by Crippen LogP contribution is 2.04. The molecule has 188 valence electrons. The molecule has 0 aromatic carbocycles. The van der Waals surface area contributed by atoms with Crippen LogP contribution in [0.25, 0.3) is 0 Å². The molecule has 0 saturated carbocycles. The summed E-state index contributed by atoms with van der Waals surface area (Å²) in [6.07, 6.45) is 4.12. The van der Waals surface area contributed by atoms with Gasteiger partial charge in [0.25, 0.3) is 0 Å². The van der Waals surface area contributed by atoms with Gasteiger partial charge in [0.1, 0.15) is 24.2 Å². The van der Waals surface area contributed by atoms with Gasteiger partial charge in [0.15, 0.2) is 0 Å². The lowest BCUT2D eigenvalue weighted by Gasteiger charge is -2.07. The minimum absolute atomic E-state index is 0.269. The van der Waals surface area contributed by atoms with E-state index in [4.69, 9.17) is 37.0 Å². The van der Waals surface area contributed by atoms with Crippen LogP contribution in [0, 0.1) is 5.92 Å². The Balaban J connectivity index is 0. The number of nitrogens with two attached hydrogens (primary N) is 2. The van der Waals surface area contributed by atoms with Crippen LogP contribution in [0.15, 0.2) is 0 Å². The van der Waals surface area contributed by atoms with E-state index in [0.29, 0.717) is 12.3 Å². The lowest BCUT2D eigenvalue weighted by atomic mass is 10.1. The molecule has 11 N–H and O–H groups in total. The number of hydrogen-bond acceptors (Lipinski definition) is 9. The molecule has 2 aliphatic heterocycles. The van der Waals surface area contributed by atoms with E-state index in [1.54, 1.807) is 0 Å². The zero-order valence-corrected chi connectivity index (χ0v) is 18.6. The zero-order chi connectivity index (χ0) is 25.3. The molecular formula is C19H38N4O9. The van der Waals surface area contributed by atoms with Crippen LogP contribution in [0.4, 0.5) is 0 Å². The van der Waals surface area contributed by atoms with Gasteiger partial charge >= 0.3 is 23.9 Å². The van der Waals surface area contributed by atoms with E-state index in [9.17, 15) is 19.2 Å². The zero-order valence-electron chi connectivity index (χ0n) is 18.6. The first-order chi connectivity index (χ1) is 14.8. The van der Waals surface area contributed by atoms with Gasteiger partial charge in [-0.2, -0.15) is 0 Å². The number of rotatable bonds is 7. The Hall–Kier alpha value is -2.32. The molecule has 0 aromatic heterocycles. The van der Waals surface area contributed by atoms with Crippen LogP contribution in [0.5, 0.6) is 0 Å². The topological polar surface area (TPSA) is 246 Å². The summed E-state index contributed by atoms with van der Waals surface area (Å²) in [6.45, 7) is 5.11. The number of hydrogen-bond donors (Lipinski definition) is 9. The molecule has 13 nitrogen and oxygen atoms in total. The van der Waals surface area contributed by atoms with Crippen LogP contribution < -0.4 is 22.1 Å². The van der Waals surface area contributed by atoms with E-state index < -0.39 is 42.6 Å². The second-order valence-electron chi connectivity index (χ2n) is 7.68. The molecular weight excluding hydrogens is 428 g/mol. The fraction of sp³-hybridized carbons (Fsp3) is 0.789. The smallest absolute Gasteiger partial charge is 0.322 e. The van der Waals surface area contributed by atoms with Gasteiger partial charge in [-0.1, -0.05) is 13.8 Å². The summed E-state index contributed by atoms with van der Waals surface area (Å²) in [5.74, 6) is -3.17. The summed E-state index contributed by atoms with van der Waals surface area (Å²) in [6, 6.07) is -2.35. The number of carboxylic acid groups (broad SMARTS) is 4. The SMILES string of the molecule is CC(C)C[C@H](N)C(=O)O.N[C@@H](CO)C(=O)O.O=C(O)[C@@H]1CCCN1.O=C(O)[C@@H]1CCCN1. The molecule has 0 radical (unpaired) electrons. The molecule has 2 rings (SSSR count). The van der Waals surface area contributed by atoms with E-state index in [1.807, 2.05) is 13.8 Å². The van der Waals surface area contributed by atoms with Crippen LogP contribution in [-0.2, 0) is 19.2 Å². The van der Waals surface area contributed by atoms with Crippen molar-refractivity contribution in [2.45, 2.75) is 70.1 Å². The Kier molecular flexibility index (Phi) is 18.2. The Morgan fingerprint density at radius 3 is 1.28 bits per heavy atom. The van der Waals surface area contributed by atoms with Gasteiger partial charge in [-0.25, -0.2) is 0 Å². The van der Waals surface area contributed by atoms with Crippen molar-refractivity contribution in [3.8, 4) is 0 Å². The Morgan fingerprint density at radius 2 is 1.19 bits per heavy atom. The Bertz CT molecular complexity index is 537. The molecule has 0 aromatic rings. The fourth-order valence-electron chi connectivity index (χ4n) is 2.48. The first kappa shape index (κ1) is 31.9. The highest BCUT2D eigenvalue weighted by molar-refractivity contribution is 5.74. The first-order valence-corrected chi connectivity index (χ1v) is 10.3. The third-order valence-electron chi connectivity index (χ3n) is 4.27. The summed E-state index contributed by atoms with van der Waals surface area (Å²) in [7, 11) is 0. The average Bonchev–Trinajstić information content (AvgIpc) is 3.42. The number of nitrogens with one attached hydrogen (secondary N) is 2. The minimum atomic E-state index is -1.18. The molecule has 0 aliphatic carbocycles. The van der Waals surface area contributed by atoms with Crippen LogP contribution in [0.2, 0.25) is 0 Å². The van der Waals surface area contributed by atoms with Gasteiger partial charge in [0.05, 0.1) is 6.61 Å². The highest BCUT2D eigenvalue weighted by Gasteiger charge is 2.20. The van der Waals surface area contributed by atoms with Crippen molar-refractivity contribution in [2.75, 3.05) is 19.7 Å². The van der Waals surface area contributed by atoms with Crippen molar-refractivity contribution in [3.63, 3.8) is 0 Å². The van der Waals surface area contributed by atoms with Crippen molar-refractivity contribution < 1.29 is 44.7 Å². The first-order valence-electron chi connectivity index (χ1n) is 10.3. The quantitative estimate of drug-likeness (QED) is 0.207. The predicted octanol–water partition coefficient (Wildman–Crippen LogP) is -1.52. The molecule has 2 heterocycles. The maximum atomic E-state index is 10.1. The summed E-state index contributed by atoms with van der Waals surface area (Å²) < 4.78 is 0. The second kappa shape index (κ2) is 18.3. The van der Waals surface area contributed by atoms with Crippen LogP contribution in [-0.4, -0.2) is 93.3 Å². The van der Waals surface area contributed by atoms with E-state index in [2.05, 4.69) is 10.6 Å². The van der Waals surface area contributed by atoms with Crippen molar-refractivity contribution in [3.05, 3.63) is 0 Å². The van der Waals surface area contributed by atoms with Gasteiger partial charge in [0, 0.05) is 0 Å². The van der Waals surface area contributed by atoms with Crippen molar-refractivity contribution in [1.29, 1.82) is 0 Å². The maximum Gasteiger partial charge on any atom is 0.322 e. The molecule has 2 aliphatic rings. The minimum Gasteiger partial charge on any atom is -0.480 e.